The van der Waals surface area contributed by atoms with Gasteiger partial charge in [-0.05, 0) is 6.92 Å². The molecule has 2 rings (SSSR count). The monoisotopic (exact) mass is 264 g/mol. The molecule has 0 radical (unpaired) electrons. The van der Waals surface area contributed by atoms with Crippen LogP contribution in [0.3, 0.4) is 0 Å². The van der Waals surface area contributed by atoms with Crippen LogP contribution in [0.2, 0.25) is 0 Å². The van der Waals surface area contributed by atoms with Gasteiger partial charge < -0.3 is 9.47 Å². The molecule has 0 bridgehead atoms. The summed E-state index contributed by atoms with van der Waals surface area (Å²) in [6.07, 6.45) is -4.57. The van der Waals surface area contributed by atoms with Gasteiger partial charge in [0, 0.05) is 5.56 Å². The smallest absolute Gasteiger partial charge is 0.433 e. The molecule has 1 aromatic heterocycles. The lowest BCUT2D eigenvalue weighted by Gasteiger charge is -2.11. The molecular weight excluding hydrogens is 253 g/mol. The first-order valence-electron chi connectivity index (χ1n) is 5.32. The van der Waals surface area contributed by atoms with Crippen molar-refractivity contribution in [3.05, 3.63) is 17.0 Å². The summed E-state index contributed by atoms with van der Waals surface area (Å²) in [5, 5.41) is 3.75. The van der Waals surface area contributed by atoms with Crippen LogP contribution in [-0.2, 0) is 40.2 Å². The normalized spacial score (nSPS) is 14.7. The minimum absolute atomic E-state index is 0.00629. The maximum Gasteiger partial charge on any atom is 0.433 e. The number of nitrogens with zero attached hydrogens (tertiary/aromatic N) is 2. The summed E-state index contributed by atoms with van der Waals surface area (Å²) in [5.74, 6) is -0.745. The first-order valence-corrected chi connectivity index (χ1v) is 5.32. The van der Waals surface area contributed by atoms with Crippen LogP contribution in [0.4, 0.5) is 13.2 Å². The van der Waals surface area contributed by atoms with Gasteiger partial charge in [0.25, 0.3) is 0 Å². The number of ether oxygens (including phenoxy) is 2. The van der Waals surface area contributed by atoms with Crippen molar-refractivity contribution >= 4 is 5.97 Å². The van der Waals surface area contributed by atoms with Gasteiger partial charge in [0.2, 0.25) is 0 Å². The Kier molecular flexibility index (Phi) is 3.29. The van der Waals surface area contributed by atoms with Crippen LogP contribution in [0, 0.1) is 0 Å². The molecule has 0 unspecified atom stereocenters. The molecule has 0 saturated carbocycles. The van der Waals surface area contributed by atoms with Gasteiger partial charge in [-0.2, -0.15) is 18.3 Å². The van der Waals surface area contributed by atoms with E-state index in [2.05, 4.69) is 9.84 Å². The zero-order chi connectivity index (χ0) is 13.3. The van der Waals surface area contributed by atoms with Crippen molar-refractivity contribution in [2.24, 2.45) is 0 Å². The number of aromatic nitrogens is 2. The summed E-state index contributed by atoms with van der Waals surface area (Å²) in [5.41, 5.74) is -0.693. The Bertz CT molecular complexity index is 468. The fourth-order valence-corrected chi connectivity index (χ4v) is 1.83. The molecule has 0 aliphatic carbocycles. The summed E-state index contributed by atoms with van der Waals surface area (Å²) < 4.78 is 48.9. The van der Waals surface area contributed by atoms with E-state index >= 15 is 0 Å². The molecule has 0 atom stereocenters. The number of hydrogen-bond acceptors (Lipinski definition) is 4. The molecule has 0 amide bonds. The molecule has 0 spiro atoms. The molecule has 0 saturated heterocycles. The van der Waals surface area contributed by atoms with Crippen molar-refractivity contribution in [3.8, 4) is 0 Å². The Morgan fingerprint density at radius 1 is 1.50 bits per heavy atom. The molecule has 1 aromatic rings. The van der Waals surface area contributed by atoms with Gasteiger partial charge in [0.1, 0.15) is 12.2 Å². The molecule has 100 valence electrons. The second-order valence-corrected chi connectivity index (χ2v) is 3.73. The standard InChI is InChI=1S/C10H11F3N2O3/c1-2-18-8(16)3-15-9(10(11,12)13)6-4-17-5-7(6)14-15/h2-5H2,1H3. The van der Waals surface area contributed by atoms with Gasteiger partial charge in [0.05, 0.1) is 25.5 Å². The fourth-order valence-electron chi connectivity index (χ4n) is 1.83. The lowest BCUT2D eigenvalue weighted by Crippen LogP contribution is -2.22. The van der Waals surface area contributed by atoms with Crippen LogP contribution in [-0.4, -0.2) is 22.4 Å². The van der Waals surface area contributed by atoms with E-state index in [1.54, 1.807) is 6.92 Å². The number of alkyl halides is 3. The predicted molar refractivity (Wildman–Crippen MR) is 52.4 cm³/mol. The molecule has 2 heterocycles. The molecule has 5 nitrogen and oxygen atoms in total. The second-order valence-electron chi connectivity index (χ2n) is 3.73. The van der Waals surface area contributed by atoms with Crippen LogP contribution < -0.4 is 0 Å². The SMILES string of the molecule is CCOC(=O)Cn1nc2c(c1C(F)(F)F)COC2. The van der Waals surface area contributed by atoms with Gasteiger partial charge in [-0.3, -0.25) is 4.79 Å². The van der Waals surface area contributed by atoms with E-state index < -0.39 is 24.4 Å². The van der Waals surface area contributed by atoms with Crippen LogP contribution in [0.1, 0.15) is 23.9 Å². The van der Waals surface area contributed by atoms with E-state index in [4.69, 9.17) is 4.74 Å². The average molecular weight is 264 g/mol. The summed E-state index contributed by atoms with van der Waals surface area (Å²) in [7, 11) is 0. The molecule has 0 aromatic carbocycles. The number of hydrogen-bond donors (Lipinski definition) is 0. The number of rotatable bonds is 3. The molecule has 18 heavy (non-hydrogen) atoms. The highest BCUT2D eigenvalue weighted by Gasteiger charge is 2.41. The van der Waals surface area contributed by atoms with Gasteiger partial charge >= 0.3 is 12.1 Å². The lowest BCUT2D eigenvalue weighted by molar-refractivity contribution is -0.150. The Hall–Kier alpha value is -1.57. The van der Waals surface area contributed by atoms with Crippen molar-refractivity contribution in [1.82, 2.24) is 9.78 Å². The van der Waals surface area contributed by atoms with E-state index in [-0.39, 0.29) is 31.1 Å². The zero-order valence-electron chi connectivity index (χ0n) is 9.58. The summed E-state index contributed by atoms with van der Waals surface area (Å²) in [6, 6.07) is 0. The number of esters is 1. The number of fused-ring (bicyclic) bond motifs is 1. The quantitative estimate of drug-likeness (QED) is 0.776. The third-order valence-corrected chi connectivity index (χ3v) is 2.47. The van der Waals surface area contributed by atoms with Gasteiger partial charge in [-0.25, -0.2) is 4.68 Å². The lowest BCUT2D eigenvalue weighted by atomic mass is 10.2. The third-order valence-electron chi connectivity index (χ3n) is 2.47. The zero-order valence-corrected chi connectivity index (χ0v) is 9.58. The first kappa shape index (κ1) is 12.9. The van der Waals surface area contributed by atoms with Gasteiger partial charge in [-0.15, -0.1) is 0 Å². The van der Waals surface area contributed by atoms with E-state index in [0.717, 1.165) is 0 Å². The van der Waals surface area contributed by atoms with E-state index in [1.807, 2.05) is 0 Å². The molecule has 0 fully saturated rings. The molecule has 0 N–H and O–H groups in total. The van der Waals surface area contributed by atoms with Gasteiger partial charge in [0.15, 0.2) is 0 Å². The van der Waals surface area contributed by atoms with Crippen LogP contribution in [0.25, 0.3) is 0 Å². The van der Waals surface area contributed by atoms with E-state index in [9.17, 15) is 18.0 Å². The van der Waals surface area contributed by atoms with Crippen LogP contribution >= 0.6 is 0 Å². The fraction of sp³-hybridized carbons (Fsp3) is 0.600. The summed E-state index contributed by atoms with van der Waals surface area (Å²) in [4.78, 5) is 11.2. The number of halogens is 3. The maximum atomic E-state index is 12.9. The van der Waals surface area contributed by atoms with Crippen LogP contribution in [0.5, 0.6) is 0 Å². The summed E-state index contributed by atoms with van der Waals surface area (Å²) in [6.45, 7) is 1.06. The minimum atomic E-state index is -4.57. The Morgan fingerprint density at radius 3 is 2.83 bits per heavy atom. The predicted octanol–water partition coefficient (Wildman–Crippen LogP) is 1.50. The van der Waals surface area contributed by atoms with Crippen molar-refractivity contribution in [3.63, 3.8) is 0 Å². The minimum Gasteiger partial charge on any atom is -0.465 e. The topological polar surface area (TPSA) is 53.4 Å². The summed E-state index contributed by atoms with van der Waals surface area (Å²) >= 11 is 0. The molecule has 1 aliphatic heterocycles. The van der Waals surface area contributed by atoms with E-state index in [0.29, 0.717) is 4.68 Å². The first-order chi connectivity index (χ1) is 8.43. The second kappa shape index (κ2) is 4.60. The van der Waals surface area contributed by atoms with Crippen LogP contribution in [0.15, 0.2) is 0 Å². The van der Waals surface area contributed by atoms with Crippen molar-refractivity contribution in [2.75, 3.05) is 6.61 Å². The third kappa shape index (κ3) is 2.33. The van der Waals surface area contributed by atoms with Gasteiger partial charge in [-0.1, -0.05) is 0 Å². The number of carbonyl (C=O) groups excluding carboxylic acids is 1. The number of carbonyl (C=O) groups is 1. The largest absolute Gasteiger partial charge is 0.465 e. The highest BCUT2D eigenvalue weighted by molar-refractivity contribution is 5.69. The molecule has 8 heteroatoms. The highest BCUT2D eigenvalue weighted by atomic mass is 19.4. The molecule has 1 aliphatic rings. The Balaban J connectivity index is 2.33. The maximum absolute atomic E-state index is 12.9. The van der Waals surface area contributed by atoms with Crippen molar-refractivity contribution < 1.29 is 27.4 Å². The molecular formula is C10H11F3N2O3. The van der Waals surface area contributed by atoms with Crippen molar-refractivity contribution in [1.29, 1.82) is 0 Å². The van der Waals surface area contributed by atoms with E-state index in [1.165, 1.54) is 0 Å². The van der Waals surface area contributed by atoms with Crippen molar-refractivity contribution in [2.45, 2.75) is 32.9 Å². The Morgan fingerprint density at radius 2 is 2.22 bits per heavy atom. The Labute approximate surface area is 100 Å². The highest BCUT2D eigenvalue weighted by Crippen LogP contribution is 2.36. The average Bonchev–Trinajstić information content (AvgIpc) is 2.74.